The van der Waals surface area contributed by atoms with Crippen molar-refractivity contribution < 1.29 is 19.1 Å². The fourth-order valence-electron chi connectivity index (χ4n) is 3.10. The van der Waals surface area contributed by atoms with Gasteiger partial charge in [0.2, 0.25) is 5.91 Å². The van der Waals surface area contributed by atoms with Crippen molar-refractivity contribution in [2.24, 2.45) is 0 Å². The average Bonchev–Trinajstić information content (AvgIpc) is 3.07. The van der Waals surface area contributed by atoms with E-state index in [0.717, 1.165) is 12.1 Å². The summed E-state index contributed by atoms with van der Waals surface area (Å²) in [5.41, 5.74) is 2.25. The molecule has 0 bridgehead atoms. The second-order valence-electron chi connectivity index (χ2n) is 6.20. The smallest absolute Gasteiger partial charge is 0.262 e. The van der Waals surface area contributed by atoms with Crippen LogP contribution in [0.3, 0.4) is 0 Å². The Balaban J connectivity index is 1.53. The van der Waals surface area contributed by atoms with Gasteiger partial charge in [-0.1, -0.05) is 6.07 Å². The molecule has 0 saturated carbocycles. The second-order valence-corrected chi connectivity index (χ2v) is 6.20. The maximum atomic E-state index is 12.6. The molecule has 0 aromatic heterocycles. The average molecular weight is 351 g/mol. The van der Waals surface area contributed by atoms with Crippen molar-refractivity contribution in [3.05, 3.63) is 48.0 Å². The number of ether oxygens (including phenoxy) is 1. The van der Waals surface area contributed by atoms with Crippen molar-refractivity contribution >= 4 is 34.8 Å². The van der Waals surface area contributed by atoms with Crippen LogP contribution in [0.5, 0.6) is 5.75 Å². The lowest BCUT2D eigenvalue weighted by Crippen LogP contribution is -2.25. The molecule has 0 radical (unpaired) electrons. The third kappa shape index (κ3) is 3.11. The van der Waals surface area contributed by atoms with Crippen LogP contribution in [0, 0.1) is 0 Å². The van der Waals surface area contributed by atoms with Gasteiger partial charge in [0.15, 0.2) is 6.61 Å². The van der Waals surface area contributed by atoms with Crippen LogP contribution < -0.4 is 20.3 Å². The number of anilines is 3. The Morgan fingerprint density at radius 2 is 2.04 bits per heavy atom. The highest BCUT2D eigenvalue weighted by molar-refractivity contribution is 6.06. The topological polar surface area (TPSA) is 87.7 Å². The first-order valence-corrected chi connectivity index (χ1v) is 8.39. The maximum absolute atomic E-state index is 12.6. The van der Waals surface area contributed by atoms with Crippen LogP contribution in [0.15, 0.2) is 42.5 Å². The van der Waals surface area contributed by atoms with Crippen LogP contribution in [-0.2, 0) is 9.59 Å². The summed E-state index contributed by atoms with van der Waals surface area (Å²) >= 11 is 0. The predicted octanol–water partition coefficient (Wildman–Crippen LogP) is 2.40. The number of nitrogens with zero attached hydrogens (tertiary/aromatic N) is 1. The summed E-state index contributed by atoms with van der Waals surface area (Å²) in [7, 11) is 0. The Bertz CT molecular complexity index is 909. The van der Waals surface area contributed by atoms with Crippen LogP contribution in [0.25, 0.3) is 0 Å². The van der Waals surface area contributed by atoms with E-state index in [1.54, 1.807) is 41.3 Å². The van der Waals surface area contributed by atoms with Gasteiger partial charge in [-0.3, -0.25) is 14.4 Å². The van der Waals surface area contributed by atoms with Gasteiger partial charge in [-0.25, -0.2) is 0 Å². The van der Waals surface area contributed by atoms with Gasteiger partial charge in [-0.15, -0.1) is 0 Å². The van der Waals surface area contributed by atoms with Crippen LogP contribution >= 0.6 is 0 Å². The third-order valence-corrected chi connectivity index (χ3v) is 4.36. The zero-order chi connectivity index (χ0) is 18.1. The first-order valence-electron chi connectivity index (χ1n) is 8.39. The van der Waals surface area contributed by atoms with E-state index in [-0.39, 0.29) is 24.3 Å². The summed E-state index contributed by atoms with van der Waals surface area (Å²) in [6.45, 7) is 0.662. The van der Waals surface area contributed by atoms with Gasteiger partial charge in [0.25, 0.3) is 11.8 Å². The molecule has 7 heteroatoms. The fourth-order valence-corrected chi connectivity index (χ4v) is 3.10. The highest BCUT2D eigenvalue weighted by Crippen LogP contribution is 2.30. The normalized spacial score (nSPS) is 15.9. The molecule has 2 N–H and O–H groups in total. The van der Waals surface area contributed by atoms with Crippen LogP contribution in [0.4, 0.5) is 17.1 Å². The van der Waals surface area contributed by atoms with E-state index >= 15 is 0 Å². The zero-order valence-corrected chi connectivity index (χ0v) is 14.0. The molecule has 2 heterocycles. The minimum Gasteiger partial charge on any atom is -0.482 e. The lowest BCUT2D eigenvalue weighted by molar-refractivity contribution is -0.119. The van der Waals surface area contributed by atoms with E-state index in [4.69, 9.17) is 4.74 Å². The molecular weight excluding hydrogens is 334 g/mol. The molecule has 1 fully saturated rings. The van der Waals surface area contributed by atoms with E-state index in [0.29, 0.717) is 35.7 Å². The highest BCUT2D eigenvalue weighted by atomic mass is 16.5. The number of amides is 3. The van der Waals surface area contributed by atoms with Crippen molar-refractivity contribution in [3.8, 4) is 5.75 Å². The van der Waals surface area contributed by atoms with Crippen LogP contribution in [-0.4, -0.2) is 30.9 Å². The number of nitrogens with one attached hydrogen (secondary N) is 2. The van der Waals surface area contributed by atoms with Crippen LogP contribution in [0.1, 0.15) is 23.2 Å². The molecular formula is C19H17N3O4. The Morgan fingerprint density at radius 3 is 2.85 bits per heavy atom. The second kappa shape index (κ2) is 6.51. The fraction of sp³-hybridized carbons (Fsp3) is 0.211. The Morgan fingerprint density at radius 1 is 1.15 bits per heavy atom. The van der Waals surface area contributed by atoms with Gasteiger partial charge in [-0.05, 0) is 42.8 Å². The molecule has 2 aliphatic heterocycles. The summed E-state index contributed by atoms with van der Waals surface area (Å²) in [6.07, 6.45) is 1.37. The lowest BCUT2D eigenvalue weighted by atomic mass is 10.1. The number of fused-ring (bicyclic) bond motifs is 1. The molecule has 0 aliphatic carbocycles. The number of hydrogen-bond donors (Lipinski definition) is 2. The minimum absolute atomic E-state index is 0.0132. The number of benzene rings is 2. The van der Waals surface area contributed by atoms with E-state index in [9.17, 15) is 14.4 Å². The van der Waals surface area contributed by atoms with Gasteiger partial charge >= 0.3 is 0 Å². The third-order valence-electron chi connectivity index (χ3n) is 4.36. The van der Waals surface area contributed by atoms with Crippen molar-refractivity contribution in [3.63, 3.8) is 0 Å². The van der Waals surface area contributed by atoms with Crippen molar-refractivity contribution in [1.29, 1.82) is 0 Å². The van der Waals surface area contributed by atoms with Crippen molar-refractivity contribution in [1.82, 2.24) is 0 Å². The summed E-state index contributed by atoms with van der Waals surface area (Å²) < 4.78 is 5.30. The van der Waals surface area contributed by atoms with Crippen LogP contribution in [0.2, 0.25) is 0 Å². The van der Waals surface area contributed by atoms with Gasteiger partial charge < -0.3 is 20.3 Å². The Labute approximate surface area is 149 Å². The standard InChI is InChI=1S/C19H17N3O4/c23-17-11-26-16-7-6-13(10-15(16)21-17)20-19(25)12-3-1-4-14(9-12)22-8-2-5-18(22)24/h1,3-4,6-7,9-10H,2,5,8,11H2,(H,20,25)(H,21,23). The molecule has 2 aromatic carbocycles. The largest absolute Gasteiger partial charge is 0.482 e. The molecule has 0 atom stereocenters. The predicted molar refractivity (Wildman–Crippen MR) is 96.5 cm³/mol. The monoisotopic (exact) mass is 351 g/mol. The van der Waals surface area contributed by atoms with Gasteiger partial charge in [0, 0.05) is 29.9 Å². The first-order chi connectivity index (χ1) is 12.6. The number of hydrogen-bond acceptors (Lipinski definition) is 4. The Kier molecular flexibility index (Phi) is 4.04. The molecule has 0 spiro atoms. The van der Waals surface area contributed by atoms with Crippen molar-refractivity contribution in [2.75, 3.05) is 28.7 Å². The molecule has 132 valence electrons. The minimum atomic E-state index is -0.290. The van der Waals surface area contributed by atoms with E-state index in [1.165, 1.54) is 0 Å². The molecule has 2 aliphatic rings. The molecule has 7 nitrogen and oxygen atoms in total. The SMILES string of the molecule is O=C1COc2ccc(NC(=O)c3cccc(N4CCCC4=O)c3)cc2N1. The van der Waals surface area contributed by atoms with E-state index < -0.39 is 0 Å². The summed E-state index contributed by atoms with van der Waals surface area (Å²) in [5, 5.41) is 5.51. The molecule has 1 saturated heterocycles. The zero-order valence-electron chi connectivity index (χ0n) is 14.0. The summed E-state index contributed by atoms with van der Waals surface area (Å²) in [4.78, 5) is 37.6. The highest BCUT2D eigenvalue weighted by Gasteiger charge is 2.22. The first kappa shape index (κ1) is 16.1. The molecule has 3 amide bonds. The van der Waals surface area contributed by atoms with E-state index in [1.807, 2.05) is 6.07 Å². The number of carbonyl (C=O) groups excluding carboxylic acids is 3. The summed E-state index contributed by atoms with van der Waals surface area (Å²) in [5.74, 6) is 0.121. The van der Waals surface area contributed by atoms with Gasteiger partial charge in [0.1, 0.15) is 5.75 Å². The Hall–Kier alpha value is -3.35. The quantitative estimate of drug-likeness (QED) is 0.889. The van der Waals surface area contributed by atoms with E-state index in [2.05, 4.69) is 10.6 Å². The maximum Gasteiger partial charge on any atom is 0.262 e. The number of rotatable bonds is 3. The molecule has 0 unspecified atom stereocenters. The number of carbonyl (C=O) groups is 3. The van der Waals surface area contributed by atoms with Gasteiger partial charge in [-0.2, -0.15) is 0 Å². The molecule has 4 rings (SSSR count). The molecule has 2 aromatic rings. The lowest BCUT2D eigenvalue weighted by Gasteiger charge is -2.19. The molecule has 26 heavy (non-hydrogen) atoms. The summed E-state index contributed by atoms with van der Waals surface area (Å²) in [6, 6.07) is 12.1. The van der Waals surface area contributed by atoms with Gasteiger partial charge in [0.05, 0.1) is 5.69 Å². The van der Waals surface area contributed by atoms with Crippen molar-refractivity contribution in [2.45, 2.75) is 12.8 Å².